The summed E-state index contributed by atoms with van der Waals surface area (Å²) in [6, 6.07) is 5.52. The molecule has 6 heteroatoms. The maximum atomic E-state index is 12.8. The summed E-state index contributed by atoms with van der Waals surface area (Å²) >= 11 is 0. The molecule has 0 N–H and O–H groups in total. The number of rotatable bonds is 7. The van der Waals surface area contributed by atoms with E-state index in [2.05, 4.69) is 11.8 Å². The van der Waals surface area contributed by atoms with Crippen LogP contribution in [0.5, 0.6) is 0 Å². The van der Waals surface area contributed by atoms with E-state index < -0.39 is 11.7 Å². The molecule has 0 aliphatic carbocycles. The normalized spacial score (nSPS) is 19.1. The molecule has 1 aromatic rings. The van der Waals surface area contributed by atoms with Gasteiger partial charge in [-0.15, -0.1) is 12.4 Å². The lowest BCUT2D eigenvalue weighted by molar-refractivity contribution is -0.137. The van der Waals surface area contributed by atoms with Crippen LogP contribution in [0.25, 0.3) is 0 Å². The molecule has 1 saturated heterocycles. The van der Waals surface area contributed by atoms with E-state index in [4.69, 9.17) is 4.74 Å². The van der Waals surface area contributed by atoms with Gasteiger partial charge in [0.1, 0.15) is 0 Å². The largest absolute Gasteiger partial charge is 0.416 e. The van der Waals surface area contributed by atoms with Crippen molar-refractivity contribution in [3.05, 3.63) is 35.4 Å². The standard InChI is InChI=1S/C18H26F3NO.ClH/c1-2-3-4-5-6-10-22-11-12-23-17(14-22)15-8-7-9-16(13-15)18(19,20)21;/h7-9,13,17H,2-6,10-12,14H2,1H3;1H. The van der Waals surface area contributed by atoms with Gasteiger partial charge in [-0.3, -0.25) is 4.90 Å². The molecular formula is C18H27ClF3NO. The molecule has 0 saturated carbocycles. The van der Waals surface area contributed by atoms with Crippen molar-refractivity contribution in [3.8, 4) is 0 Å². The third-order valence-corrected chi connectivity index (χ3v) is 4.31. The predicted octanol–water partition coefficient (Wildman–Crippen LogP) is 5.47. The van der Waals surface area contributed by atoms with E-state index in [1.807, 2.05) is 0 Å². The third-order valence-electron chi connectivity index (χ3n) is 4.31. The minimum Gasteiger partial charge on any atom is -0.371 e. The van der Waals surface area contributed by atoms with Crippen LogP contribution >= 0.6 is 12.4 Å². The molecule has 0 aromatic heterocycles. The van der Waals surface area contributed by atoms with Gasteiger partial charge in [0.2, 0.25) is 0 Å². The lowest BCUT2D eigenvalue weighted by Crippen LogP contribution is -2.38. The average Bonchev–Trinajstić information content (AvgIpc) is 2.54. The molecule has 1 aromatic carbocycles. The summed E-state index contributed by atoms with van der Waals surface area (Å²) in [5, 5.41) is 0. The molecule has 1 atom stereocenters. The number of ether oxygens (including phenoxy) is 1. The highest BCUT2D eigenvalue weighted by atomic mass is 35.5. The molecule has 1 aliphatic heterocycles. The van der Waals surface area contributed by atoms with Crippen molar-refractivity contribution in [1.29, 1.82) is 0 Å². The highest BCUT2D eigenvalue weighted by molar-refractivity contribution is 5.85. The minimum atomic E-state index is -4.30. The molecule has 1 fully saturated rings. The van der Waals surface area contributed by atoms with Gasteiger partial charge in [0.05, 0.1) is 18.3 Å². The van der Waals surface area contributed by atoms with Crippen molar-refractivity contribution in [3.63, 3.8) is 0 Å². The Morgan fingerprint density at radius 3 is 2.62 bits per heavy atom. The molecule has 138 valence electrons. The van der Waals surface area contributed by atoms with Crippen LogP contribution in [0, 0.1) is 0 Å². The van der Waals surface area contributed by atoms with Gasteiger partial charge in [-0.1, -0.05) is 44.7 Å². The summed E-state index contributed by atoms with van der Waals surface area (Å²) in [5.74, 6) is 0. The Bertz CT molecular complexity index is 482. The van der Waals surface area contributed by atoms with Gasteiger partial charge < -0.3 is 4.74 Å². The number of benzene rings is 1. The maximum Gasteiger partial charge on any atom is 0.416 e. The smallest absolute Gasteiger partial charge is 0.371 e. The number of alkyl halides is 3. The Morgan fingerprint density at radius 1 is 1.17 bits per heavy atom. The van der Waals surface area contributed by atoms with Crippen molar-refractivity contribution in [2.75, 3.05) is 26.2 Å². The Labute approximate surface area is 148 Å². The summed E-state index contributed by atoms with van der Waals surface area (Å²) in [6.07, 6.45) is 1.57. The van der Waals surface area contributed by atoms with Crippen molar-refractivity contribution in [1.82, 2.24) is 4.90 Å². The Hall–Kier alpha value is -0.780. The highest BCUT2D eigenvalue weighted by Crippen LogP contribution is 2.32. The summed E-state index contributed by atoms with van der Waals surface area (Å²) in [7, 11) is 0. The molecule has 2 rings (SSSR count). The van der Waals surface area contributed by atoms with Crippen LogP contribution in [0.2, 0.25) is 0 Å². The number of morpholine rings is 1. The van der Waals surface area contributed by atoms with Gasteiger partial charge in [-0.05, 0) is 30.7 Å². The zero-order chi connectivity index (χ0) is 16.7. The molecule has 0 amide bonds. The summed E-state index contributed by atoms with van der Waals surface area (Å²) in [4.78, 5) is 2.31. The maximum absolute atomic E-state index is 12.8. The Kier molecular flexibility index (Phi) is 9.09. The van der Waals surface area contributed by atoms with Crippen LogP contribution in [0.3, 0.4) is 0 Å². The van der Waals surface area contributed by atoms with E-state index in [1.165, 1.54) is 37.8 Å². The highest BCUT2D eigenvalue weighted by Gasteiger charge is 2.31. The lowest BCUT2D eigenvalue weighted by Gasteiger charge is -2.33. The molecule has 0 spiro atoms. The Morgan fingerprint density at radius 2 is 1.92 bits per heavy atom. The number of halogens is 4. The minimum absolute atomic E-state index is 0. The second kappa shape index (κ2) is 10.3. The molecule has 0 radical (unpaired) electrons. The number of hydrogen-bond acceptors (Lipinski definition) is 2. The number of nitrogens with zero attached hydrogens (tertiary/aromatic N) is 1. The number of hydrogen-bond donors (Lipinski definition) is 0. The second-order valence-electron chi connectivity index (χ2n) is 6.20. The fraction of sp³-hybridized carbons (Fsp3) is 0.667. The van der Waals surface area contributed by atoms with E-state index in [0.29, 0.717) is 18.7 Å². The van der Waals surface area contributed by atoms with Crippen molar-refractivity contribution in [2.24, 2.45) is 0 Å². The quantitative estimate of drug-likeness (QED) is 0.594. The van der Waals surface area contributed by atoms with E-state index in [-0.39, 0.29) is 18.5 Å². The van der Waals surface area contributed by atoms with Crippen LogP contribution in [0.1, 0.15) is 56.3 Å². The zero-order valence-corrected chi connectivity index (χ0v) is 15.0. The van der Waals surface area contributed by atoms with Crippen LogP contribution in [0.15, 0.2) is 24.3 Å². The fourth-order valence-corrected chi connectivity index (χ4v) is 2.96. The van der Waals surface area contributed by atoms with Crippen molar-refractivity contribution >= 4 is 12.4 Å². The third kappa shape index (κ3) is 6.61. The van der Waals surface area contributed by atoms with Crippen molar-refractivity contribution in [2.45, 2.75) is 51.3 Å². The summed E-state index contributed by atoms with van der Waals surface area (Å²) in [5.41, 5.74) is 0.0193. The van der Waals surface area contributed by atoms with Crippen molar-refractivity contribution < 1.29 is 17.9 Å². The summed E-state index contributed by atoms with van der Waals surface area (Å²) in [6.45, 7) is 5.32. The molecule has 24 heavy (non-hydrogen) atoms. The van der Waals surface area contributed by atoms with Crippen LogP contribution in [-0.2, 0) is 10.9 Å². The predicted molar refractivity (Wildman–Crippen MR) is 92.6 cm³/mol. The van der Waals surface area contributed by atoms with E-state index in [0.717, 1.165) is 25.6 Å². The average molecular weight is 366 g/mol. The van der Waals surface area contributed by atoms with E-state index in [9.17, 15) is 13.2 Å². The first-order chi connectivity index (χ1) is 11.0. The monoisotopic (exact) mass is 365 g/mol. The topological polar surface area (TPSA) is 12.5 Å². The molecule has 1 unspecified atom stereocenters. The molecule has 1 heterocycles. The molecular weight excluding hydrogens is 339 g/mol. The van der Waals surface area contributed by atoms with E-state index in [1.54, 1.807) is 6.07 Å². The second-order valence-corrected chi connectivity index (χ2v) is 6.20. The van der Waals surface area contributed by atoms with Gasteiger partial charge in [0, 0.05) is 13.1 Å². The Balaban J connectivity index is 0.00000288. The fourth-order valence-electron chi connectivity index (χ4n) is 2.96. The van der Waals surface area contributed by atoms with E-state index >= 15 is 0 Å². The van der Waals surface area contributed by atoms with Crippen LogP contribution < -0.4 is 0 Å². The molecule has 1 aliphatic rings. The van der Waals surface area contributed by atoms with Crippen LogP contribution in [0.4, 0.5) is 13.2 Å². The zero-order valence-electron chi connectivity index (χ0n) is 14.1. The SMILES string of the molecule is CCCCCCCN1CCOC(c2cccc(C(F)(F)F)c2)C1.Cl. The molecule has 0 bridgehead atoms. The van der Waals surface area contributed by atoms with Gasteiger partial charge in [0.15, 0.2) is 0 Å². The number of unbranched alkanes of at least 4 members (excludes halogenated alkanes) is 4. The first kappa shape index (κ1) is 21.3. The lowest BCUT2D eigenvalue weighted by atomic mass is 10.0. The van der Waals surface area contributed by atoms with Gasteiger partial charge in [-0.2, -0.15) is 13.2 Å². The molecule has 2 nitrogen and oxygen atoms in total. The van der Waals surface area contributed by atoms with Gasteiger partial charge >= 0.3 is 6.18 Å². The first-order valence-corrected chi connectivity index (χ1v) is 8.52. The summed E-state index contributed by atoms with van der Waals surface area (Å²) < 4.78 is 44.2. The van der Waals surface area contributed by atoms with Gasteiger partial charge in [-0.25, -0.2) is 0 Å². The van der Waals surface area contributed by atoms with Crippen LogP contribution in [-0.4, -0.2) is 31.1 Å². The van der Waals surface area contributed by atoms with Gasteiger partial charge in [0.25, 0.3) is 0 Å². The first-order valence-electron chi connectivity index (χ1n) is 8.52.